The van der Waals surface area contributed by atoms with Gasteiger partial charge in [0.2, 0.25) is 0 Å². The summed E-state index contributed by atoms with van der Waals surface area (Å²) in [4.78, 5) is 0. The minimum atomic E-state index is -0.260. The van der Waals surface area contributed by atoms with Gasteiger partial charge in [-0.15, -0.1) is 0 Å². The number of benzene rings is 1. The van der Waals surface area contributed by atoms with Crippen molar-refractivity contribution in [3.05, 3.63) is 29.7 Å². The molecule has 4 heteroatoms. The fraction of sp³-hybridized carbons (Fsp3) is 0.632. The van der Waals surface area contributed by atoms with Gasteiger partial charge in [-0.2, -0.15) is 0 Å². The lowest BCUT2D eigenvalue weighted by Crippen LogP contribution is -2.13. The van der Waals surface area contributed by atoms with Crippen LogP contribution >= 0.6 is 15.9 Å². The van der Waals surface area contributed by atoms with Gasteiger partial charge in [-0.05, 0) is 50.2 Å². The zero-order valence-corrected chi connectivity index (χ0v) is 15.2. The lowest BCUT2D eigenvalue weighted by Gasteiger charge is -2.27. The summed E-state index contributed by atoms with van der Waals surface area (Å²) < 4.78 is 18.6. The molecule has 3 rings (SSSR count). The predicted molar refractivity (Wildman–Crippen MR) is 95.5 cm³/mol. The monoisotopic (exact) mass is 381 g/mol. The summed E-state index contributed by atoms with van der Waals surface area (Å²) in [5.74, 6) is 1.10. The van der Waals surface area contributed by atoms with Gasteiger partial charge < -0.3 is 4.52 Å². The Morgan fingerprint density at radius 3 is 2.65 bits per heavy atom. The molecule has 1 fully saturated rings. The smallest absolute Gasteiger partial charge is 0.170 e. The number of aromatic nitrogens is 1. The van der Waals surface area contributed by atoms with E-state index in [-0.39, 0.29) is 5.82 Å². The van der Waals surface area contributed by atoms with Crippen LogP contribution in [0.3, 0.4) is 0 Å². The molecule has 1 heterocycles. The second-order valence-electron chi connectivity index (χ2n) is 6.82. The molecule has 2 nitrogen and oxygen atoms in total. The van der Waals surface area contributed by atoms with Crippen LogP contribution < -0.4 is 0 Å². The molecule has 0 aliphatic heterocycles. The maximum absolute atomic E-state index is 13.2. The summed E-state index contributed by atoms with van der Waals surface area (Å²) in [7, 11) is 0. The van der Waals surface area contributed by atoms with Crippen molar-refractivity contribution >= 4 is 26.9 Å². The van der Waals surface area contributed by atoms with E-state index in [1.807, 2.05) is 6.07 Å². The first-order valence-corrected chi connectivity index (χ1v) is 10.0. The first-order valence-electron chi connectivity index (χ1n) is 8.88. The van der Waals surface area contributed by atoms with Gasteiger partial charge in [-0.25, -0.2) is 4.39 Å². The summed E-state index contributed by atoms with van der Waals surface area (Å²) in [5.41, 5.74) is 1.62. The number of unbranched alkanes of at least 4 members (excludes halogenated alkanes) is 3. The molecule has 1 aliphatic rings. The van der Waals surface area contributed by atoms with Crippen LogP contribution in [-0.2, 0) is 0 Å². The Bertz CT molecular complexity index is 619. The van der Waals surface area contributed by atoms with E-state index in [0.29, 0.717) is 11.5 Å². The normalized spacial score (nSPS) is 21.8. The van der Waals surface area contributed by atoms with Crippen LogP contribution in [0.1, 0.15) is 69.4 Å². The van der Waals surface area contributed by atoms with Crippen LogP contribution in [0.5, 0.6) is 0 Å². The molecule has 0 spiro atoms. The average molecular weight is 382 g/mol. The molecule has 0 radical (unpaired) electrons. The summed E-state index contributed by atoms with van der Waals surface area (Å²) in [5, 5.41) is 6.36. The average Bonchev–Trinajstić information content (AvgIpc) is 2.98. The molecule has 1 aromatic heterocycles. The zero-order valence-electron chi connectivity index (χ0n) is 13.6. The summed E-state index contributed by atoms with van der Waals surface area (Å²) in [6, 6.07) is 4.75. The third-order valence-corrected chi connectivity index (χ3v) is 5.75. The molecule has 126 valence electrons. The fourth-order valence-electron chi connectivity index (χ4n) is 3.83. The number of hydrogen-bond donors (Lipinski definition) is 0. The van der Waals surface area contributed by atoms with Crippen molar-refractivity contribution in [2.45, 2.75) is 63.7 Å². The molecule has 0 N–H and O–H groups in total. The van der Waals surface area contributed by atoms with Crippen molar-refractivity contribution in [1.82, 2.24) is 5.16 Å². The fourth-order valence-corrected chi connectivity index (χ4v) is 4.23. The molecule has 1 saturated carbocycles. The van der Waals surface area contributed by atoms with Gasteiger partial charge >= 0.3 is 0 Å². The van der Waals surface area contributed by atoms with Crippen LogP contribution in [0.15, 0.2) is 22.7 Å². The van der Waals surface area contributed by atoms with Gasteiger partial charge in [-0.1, -0.05) is 46.8 Å². The second kappa shape index (κ2) is 8.27. The predicted octanol–water partition coefficient (Wildman–Crippen LogP) is 6.59. The van der Waals surface area contributed by atoms with E-state index in [2.05, 4.69) is 21.1 Å². The Morgan fingerprint density at radius 1 is 1.09 bits per heavy atom. The topological polar surface area (TPSA) is 26.0 Å². The van der Waals surface area contributed by atoms with Crippen LogP contribution in [0, 0.1) is 11.7 Å². The molecular formula is C19H25BrFNO. The van der Waals surface area contributed by atoms with Gasteiger partial charge in [0.25, 0.3) is 0 Å². The molecule has 23 heavy (non-hydrogen) atoms. The van der Waals surface area contributed by atoms with E-state index in [1.54, 1.807) is 0 Å². The minimum Gasteiger partial charge on any atom is -0.356 e. The number of rotatable bonds is 7. The van der Waals surface area contributed by atoms with E-state index in [1.165, 1.54) is 69.9 Å². The highest BCUT2D eigenvalue weighted by Crippen LogP contribution is 2.39. The molecule has 0 unspecified atom stereocenters. The number of nitrogens with zero attached hydrogens (tertiary/aromatic N) is 1. The summed E-state index contributed by atoms with van der Waals surface area (Å²) in [6.07, 6.45) is 11.7. The van der Waals surface area contributed by atoms with Crippen molar-refractivity contribution < 1.29 is 8.91 Å². The Kier molecular flexibility index (Phi) is 6.09. The van der Waals surface area contributed by atoms with E-state index in [0.717, 1.165) is 22.3 Å². The standard InChI is InChI=1S/C19H25BrFNO/c20-12-4-2-1-3-5-14-6-8-15(9-7-14)19-17-11-10-16(21)13-18(17)23-22-19/h10-11,13-15H,1-9,12H2. The summed E-state index contributed by atoms with van der Waals surface area (Å²) >= 11 is 3.49. The van der Waals surface area contributed by atoms with Crippen molar-refractivity contribution in [3.63, 3.8) is 0 Å². The molecule has 0 amide bonds. The van der Waals surface area contributed by atoms with Gasteiger partial charge in [0.05, 0.1) is 5.69 Å². The van der Waals surface area contributed by atoms with Crippen molar-refractivity contribution in [1.29, 1.82) is 0 Å². The third kappa shape index (κ3) is 4.34. The minimum absolute atomic E-state index is 0.260. The van der Waals surface area contributed by atoms with Crippen LogP contribution in [-0.4, -0.2) is 10.5 Å². The number of hydrogen-bond acceptors (Lipinski definition) is 2. The number of alkyl halides is 1. The molecule has 0 atom stereocenters. The Balaban J connectivity index is 1.50. The van der Waals surface area contributed by atoms with Crippen LogP contribution in [0.2, 0.25) is 0 Å². The highest BCUT2D eigenvalue weighted by molar-refractivity contribution is 9.09. The second-order valence-corrected chi connectivity index (χ2v) is 7.61. The molecule has 2 aromatic rings. The highest BCUT2D eigenvalue weighted by atomic mass is 79.9. The van der Waals surface area contributed by atoms with Gasteiger partial charge in [0.15, 0.2) is 5.58 Å². The van der Waals surface area contributed by atoms with Gasteiger partial charge in [-0.3, -0.25) is 0 Å². The molecular weight excluding hydrogens is 357 g/mol. The van der Waals surface area contributed by atoms with Crippen LogP contribution in [0.4, 0.5) is 4.39 Å². The van der Waals surface area contributed by atoms with Crippen molar-refractivity contribution in [3.8, 4) is 0 Å². The Hall–Kier alpha value is -0.900. The summed E-state index contributed by atoms with van der Waals surface area (Å²) in [6.45, 7) is 0. The Morgan fingerprint density at radius 2 is 1.87 bits per heavy atom. The van der Waals surface area contributed by atoms with Crippen molar-refractivity contribution in [2.24, 2.45) is 5.92 Å². The van der Waals surface area contributed by atoms with E-state index in [4.69, 9.17) is 4.52 Å². The molecule has 1 aromatic carbocycles. The lowest BCUT2D eigenvalue weighted by molar-refractivity contribution is 0.294. The van der Waals surface area contributed by atoms with E-state index in [9.17, 15) is 4.39 Å². The maximum Gasteiger partial charge on any atom is 0.170 e. The van der Waals surface area contributed by atoms with Gasteiger partial charge in [0.1, 0.15) is 5.82 Å². The lowest BCUT2D eigenvalue weighted by atomic mass is 9.78. The third-order valence-electron chi connectivity index (χ3n) is 5.19. The first-order chi connectivity index (χ1) is 11.3. The van der Waals surface area contributed by atoms with E-state index < -0.39 is 0 Å². The number of fused-ring (bicyclic) bond motifs is 1. The van der Waals surface area contributed by atoms with E-state index >= 15 is 0 Å². The quantitative estimate of drug-likeness (QED) is 0.399. The molecule has 0 saturated heterocycles. The number of halogens is 2. The SMILES string of the molecule is Fc1ccc2c(C3CCC(CCCCCCBr)CC3)noc2c1. The largest absolute Gasteiger partial charge is 0.356 e. The Labute approximate surface area is 145 Å². The highest BCUT2D eigenvalue weighted by Gasteiger charge is 2.26. The molecule has 0 bridgehead atoms. The molecule has 1 aliphatic carbocycles. The van der Waals surface area contributed by atoms with Crippen LogP contribution in [0.25, 0.3) is 11.0 Å². The van der Waals surface area contributed by atoms with Gasteiger partial charge in [0, 0.05) is 22.7 Å². The zero-order chi connectivity index (χ0) is 16.1. The maximum atomic E-state index is 13.2. The first kappa shape index (κ1) is 16.9. The van der Waals surface area contributed by atoms with Crippen molar-refractivity contribution in [2.75, 3.05) is 5.33 Å².